The number of amides is 2. The number of rotatable bonds is 4. The number of carbonyl (C=O) groups excluding carboxylic acids is 1. The first-order valence-corrected chi connectivity index (χ1v) is 6.49. The maximum absolute atomic E-state index is 10.7. The number of urea groups is 1. The molecule has 0 aliphatic rings. The lowest BCUT2D eigenvalue weighted by atomic mass is 10.2. The molecule has 1 aromatic heterocycles. The first kappa shape index (κ1) is 14.0. The Bertz CT molecular complexity index is 614. The van der Waals surface area contributed by atoms with Crippen molar-refractivity contribution in [1.29, 1.82) is 0 Å². The van der Waals surface area contributed by atoms with Gasteiger partial charge in [0.25, 0.3) is 0 Å². The van der Waals surface area contributed by atoms with Gasteiger partial charge in [-0.2, -0.15) is 0 Å². The number of nitrogens with two attached hydrogens (primary N) is 1. The Hall–Kier alpha value is -2.43. The van der Waals surface area contributed by atoms with Gasteiger partial charge in [0, 0.05) is 36.4 Å². The average molecular weight is 272 g/mol. The van der Waals surface area contributed by atoms with Gasteiger partial charge in [-0.3, -0.25) is 0 Å². The lowest BCUT2D eigenvalue weighted by molar-refractivity contribution is 0.259. The molecule has 4 N–H and O–H groups in total. The maximum atomic E-state index is 10.7. The largest absolute Gasteiger partial charge is 0.381 e. The molecule has 5 nitrogen and oxygen atoms in total. The molecule has 0 saturated heterocycles. The molecule has 0 radical (unpaired) electrons. The van der Waals surface area contributed by atoms with E-state index in [-0.39, 0.29) is 0 Å². The van der Waals surface area contributed by atoms with Crippen molar-refractivity contribution in [2.75, 3.05) is 10.6 Å². The van der Waals surface area contributed by atoms with E-state index >= 15 is 0 Å². The van der Waals surface area contributed by atoms with Crippen LogP contribution in [0.3, 0.4) is 0 Å². The predicted molar refractivity (Wildman–Crippen MR) is 81.9 cm³/mol. The Kier molecular flexibility index (Phi) is 3.98. The van der Waals surface area contributed by atoms with Crippen molar-refractivity contribution in [3.05, 3.63) is 47.3 Å². The monoisotopic (exact) mass is 272 g/mol. The number of hydrogen-bond donors (Lipinski definition) is 3. The van der Waals surface area contributed by atoms with E-state index in [2.05, 4.69) is 42.2 Å². The highest BCUT2D eigenvalue weighted by atomic mass is 16.2. The number of aryl methyl sites for hydroxylation is 1. The third-order valence-corrected chi connectivity index (χ3v) is 3.52. The second-order valence-electron chi connectivity index (χ2n) is 4.88. The quantitative estimate of drug-likeness (QED) is 0.800. The molecule has 0 atom stereocenters. The molecule has 0 aliphatic heterocycles. The summed E-state index contributed by atoms with van der Waals surface area (Å²) in [5.41, 5.74) is 10.6. The van der Waals surface area contributed by atoms with E-state index in [0.29, 0.717) is 5.69 Å². The van der Waals surface area contributed by atoms with E-state index in [1.54, 1.807) is 0 Å². The molecule has 20 heavy (non-hydrogen) atoms. The van der Waals surface area contributed by atoms with E-state index < -0.39 is 6.03 Å². The summed E-state index contributed by atoms with van der Waals surface area (Å²) in [6.45, 7) is 4.99. The van der Waals surface area contributed by atoms with Crippen LogP contribution < -0.4 is 16.4 Å². The van der Waals surface area contributed by atoms with E-state index in [1.165, 1.54) is 17.0 Å². The molecule has 1 heterocycles. The first-order valence-electron chi connectivity index (χ1n) is 6.49. The van der Waals surface area contributed by atoms with Gasteiger partial charge in [-0.05, 0) is 49.7 Å². The fraction of sp³-hybridized carbons (Fsp3) is 0.267. The van der Waals surface area contributed by atoms with E-state index in [1.807, 2.05) is 24.3 Å². The van der Waals surface area contributed by atoms with Crippen LogP contribution in [-0.2, 0) is 13.6 Å². The smallest absolute Gasteiger partial charge is 0.316 e. The van der Waals surface area contributed by atoms with Crippen LogP contribution in [0.2, 0.25) is 0 Å². The molecule has 2 rings (SSSR count). The van der Waals surface area contributed by atoms with Gasteiger partial charge in [0.05, 0.1) is 0 Å². The fourth-order valence-corrected chi connectivity index (χ4v) is 2.12. The van der Waals surface area contributed by atoms with Crippen molar-refractivity contribution in [3.8, 4) is 0 Å². The minimum Gasteiger partial charge on any atom is -0.381 e. The number of carbonyl (C=O) groups is 1. The Balaban J connectivity index is 2.00. The van der Waals surface area contributed by atoms with Crippen molar-refractivity contribution in [2.45, 2.75) is 20.4 Å². The van der Waals surface area contributed by atoms with Crippen LogP contribution in [0.4, 0.5) is 16.2 Å². The van der Waals surface area contributed by atoms with Gasteiger partial charge in [-0.15, -0.1) is 0 Å². The lowest BCUT2D eigenvalue weighted by Gasteiger charge is -2.08. The Morgan fingerprint density at radius 2 is 1.80 bits per heavy atom. The zero-order valence-corrected chi connectivity index (χ0v) is 12.0. The van der Waals surface area contributed by atoms with Crippen LogP contribution in [-0.4, -0.2) is 10.6 Å². The maximum Gasteiger partial charge on any atom is 0.316 e. The van der Waals surface area contributed by atoms with E-state index in [4.69, 9.17) is 5.73 Å². The number of hydrogen-bond acceptors (Lipinski definition) is 2. The number of aromatic nitrogens is 1. The number of benzene rings is 1. The molecule has 0 spiro atoms. The SMILES string of the molecule is Cc1cc(CNc2ccc(NC(N)=O)cc2)c(C)n1C. The molecule has 5 heteroatoms. The van der Waals surface area contributed by atoms with Crippen molar-refractivity contribution in [3.63, 3.8) is 0 Å². The molecule has 0 bridgehead atoms. The molecule has 106 valence electrons. The van der Waals surface area contributed by atoms with Gasteiger partial charge in [-0.1, -0.05) is 0 Å². The predicted octanol–water partition coefficient (Wildman–Crippen LogP) is 2.74. The number of anilines is 2. The Labute approximate surface area is 118 Å². The second kappa shape index (κ2) is 5.69. The first-order chi connectivity index (χ1) is 9.47. The molecule has 1 aromatic carbocycles. The minimum atomic E-state index is -0.555. The highest BCUT2D eigenvalue weighted by molar-refractivity contribution is 5.87. The molecular formula is C15H20N4O. The molecule has 0 saturated carbocycles. The van der Waals surface area contributed by atoms with E-state index in [0.717, 1.165) is 12.2 Å². The van der Waals surface area contributed by atoms with Crippen molar-refractivity contribution in [2.24, 2.45) is 12.8 Å². The molecule has 2 aromatic rings. The number of nitrogens with one attached hydrogen (secondary N) is 2. The molecule has 0 fully saturated rings. The van der Waals surface area contributed by atoms with Crippen LogP contribution in [0.25, 0.3) is 0 Å². The van der Waals surface area contributed by atoms with Crippen molar-refractivity contribution >= 4 is 17.4 Å². The highest BCUT2D eigenvalue weighted by Crippen LogP contribution is 2.17. The van der Waals surface area contributed by atoms with Gasteiger partial charge in [0.15, 0.2) is 0 Å². The van der Waals surface area contributed by atoms with Gasteiger partial charge >= 0.3 is 6.03 Å². The van der Waals surface area contributed by atoms with Crippen LogP contribution in [0.5, 0.6) is 0 Å². The number of primary amides is 1. The van der Waals surface area contributed by atoms with Crippen molar-refractivity contribution in [1.82, 2.24) is 4.57 Å². The summed E-state index contributed by atoms with van der Waals surface area (Å²) in [6, 6.07) is 9.09. The summed E-state index contributed by atoms with van der Waals surface area (Å²) in [4.78, 5) is 10.7. The molecule has 2 amide bonds. The summed E-state index contributed by atoms with van der Waals surface area (Å²) in [5.74, 6) is 0. The minimum absolute atomic E-state index is 0.555. The van der Waals surface area contributed by atoms with Crippen LogP contribution in [0, 0.1) is 13.8 Å². The number of nitrogens with zero attached hydrogens (tertiary/aromatic N) is 1. The van der Waals surface area contributed by atoms with Crippen molar-refractivity contribution < 1.29 is 4.79 Å². The highest BCUT2D eigenvalue weighted by Gasteiger charge is 2.05. The van der Waals surface area contributed by atoms with Gasteiger partial charge < -0.3 is 20.9 Å². The van der Waals surface area contributed by atoms with Crippen LogP contribution in [0.1, 0.15) is 17.0 Å². The topological polar surface area (TPSA) is 72.1 Å². The zero-order valence-electron chi connectivity index (χ0n) is 12.0. The summed E-state index contributed by atoms with van der Waals surface area (Å²) >= 11 is 0. The van der Waals surface area contributed by atoms with Crippen LogP contribution >= 0.6 is 0 Å². The summed E-state index contributed by atoms with van der Waals surface area (Å²) in [6.07, 6.45) is 0. The zero-order chi connectivity index (χ0) is 14.7. The van der Waals surface area contributed by atoms with Crippen LogP contribution in [0.15, 0.2) is 30.3 Å². The fourth-order valence-electron chi connectivity index (χ4n) is 2.12. The van der Waals surface area contributed by atoms with E-state index in [9.17, 15) is 4.79 Å². The Morgan fingerprint density at radius 1 is 1.20 bits per heavy atom. The summed E-state index contributed by atoms with van der Waals surface area (Å²) in [5, 5.41) is 5.90. The third kappa shape index (κ3) is 3.12. The van der Waals surface area contributed by atoms with Gasteiger partial charge in [0.2, 0.25) is 0 Å². The standard InChI is InChI=1S/C15H20N4O/c1-10-8-12(11(2)19(10)3)9-17-13-4-6-14(7-5-13)18-15(16)20/h4-8,17H,9H2,1-3H3,(H3,16,18,20). The van der Waals surface area contributed by atoms with Gasteiger partial charge in [0.1, 0.15) is 0 Å². The van der Waals surface area contributed by atoms with Gasteiger partial charge in [-0.25, -0.2) is 4.79 Å². The normalized spacial score (nSPS) is 10.3. The summed E-state index contributed by atoms with van der Waals surface area (Å²) < 4.78 is 2.18. The Morgan fingerprint density at radius 3 is 2.30 bits per heavy atom. The molecular weight excluding hydrogens is 252 g/mol. The second-order valence-corrected chi connectivity index (χ2v) is 4.88. The summed E-state index contributed by atoms with van der Waals surface area (Å²) in [7, 11) is 2.07. The lowest BCUT2D eigenvalue weighted by Crippen LogP contribution is -2.19. The molecule has 0 aliphatic carbocycles. The average Bonchev–Trinajstić information content (AvgIpc) is 2.65. The molecule has 0 unspecified atom stereocenters. The third-order valence-electron chi connectivity index (χ3n) is 3.52.